The Hall–Kier alpha value is -3.00. The van der Waals surface area contributed by atoms with Crippen LogP contribution in [-0.4, -0.2) is 45.0 Å². The van der Waals surface area contributed by atoms with E-state index in [2.05, 4.69) is 20.6 Å². The van der Waals surface area contributed by atoms with E-state index in [1.807, 2.05) is 4.90 Å². The van der Waals surface area contributed by atoms with Crippen molar-refractivity contribution in [3.05, 3.63) is 65.3 Å². The maximum absolute atomic E-state index is 14.2. The second-order valence-electron chi connectivity index (χ2n) is 6.23. The van der Waals surface area contributed by atoms with Crippen molar-refractivity contribution < 1.29 is 9.18 Å². The highest BCUT2D eigenvalue weighted by Crippen LogP contribution is 2.26. The number of benzene rings is 1. The number of aromatic nitrogens is 4. The molecule has 1 aliphatic rings. The zero-order valence-corrected chi connectivity index (χ0v) is 15.0. The van der Waals surface area contributed by atoms with Gasteiger partial charge in [0.1, 0.15) is 11.6 Å². The Balaban J connectivity index is 1.47. The van der Waals surface area contributed by atoms with Crippen molar-refractivity contribution in [3.8, 4) is 5.69 Å². The van der Waals surface area contributed by atoms with E-state index >= 15 is 0 Å². The molecule has 138 valence electrons. The summed E-state index contributed by atoms with van der Waals surface area (Å²) >= 11 is 6.19. The molecule has 0 spiro atoms. The second kappa shape index (κ2) is 7.32. The Morgan fingerprint density at radius 3 is 2.96 bits per heavy atom. The van der Waals surface area contributed by atoms with Gasteiger partial charge >= 0.3 is 0 Å². The summed E-state index contributed by atoms with van der Waals surface area (Å²) in [6.07, 6.45) is 5.54. The first-order chi connectivity index (χ1) is 13.1. The first-order valence-electron chi connectivity index (χ1n) is 8.44. The number of halogens is 2. The lowest BCUT2D eigenvalue weighted by Crippen LogP contribution is -2.37. The fourth-order valence-electron chi connectivity index (χ4n) is 3.12. The van der Waals surface area contributed by atoms with Gasteiger partial charge in [0.25, 0.3) is 5.91 Å². The molecule has 9 heteroatoms. The zero-order valence-electron chi connectivity index (χ0n) is 14.2. The lowest BCUT2D eigenvalue weighted by molar-refractivity contribution is 0.0936. The van der Waals surface area contributed by atoms with Crippen LogP contribution in [0.4, 0.5) is 10.2 Å². The average Bonchev–Trinajstić information content (AvgIpc) is 3.34. The van der Waals surface area contributed by atoms with E-state index in [4.69, 9.17) is 11.6 Å². The number of carbonyl (C=O) groups is 1. The number of pyridine rings is 1. The van der Waals surface area contributed by atoms with Gasteiger partial charge in [0.15, 0.2) is 0 Å². The van der Waals surface area contributed by atoms with Gasteiger partial charge in [-0.3, -0.25) is 4.79 Å². The first-order valence-corrected chi connectivity index (χ1v) is 8.82. The number of rotatable bonds is 4. The fourth-order valence-corrected chi connectivity index (χ4v) is 3.36. The molecule has 1 aliphatic heterocycles. The van der Waals surface area contributed by atoms with E-state index in [1.165, 1.54) is 23.0 Å². The van der Waals surface area contributed by atoms with Crippen molar-refractivity contribution in [2.45, 2.75) is 12.5 Å². The third-order valence-corrected chi connectivity index (χ3v) is 4.74. The minimum atomic E-state index is -0.584. The number of nitrogens with zero attached hydrogens (tertiary/aromatic N) is 5. The molecule has 0 aliphatic carbocycles. The minimum absolute atomic E-state index is 0.0303. The van der Waals surface area contributed by atoms with Crippen LogP contribution in [0.15, 0.2) is 48.9 Å². The third kappa shape index (κ3) is 3.61. The SMILES string of the molecule is O=C(NC1CCN(c2ncccc2Cl)C1)c1cc(-n2ccnn2)ccc1F. The molecule has 1 saturated heterocycles. The summed E-state index contributed by atoms with van der Waals surface area (Å²) in [5.74, 6) is -0.359. The van der Waals surface area contributed by atoms with Gasteiger partial charge in [0.2, 0.25) is 0 Å². The highest BCUT2D eigenvalue weighted by molar-refractivity contribution is 6.32. The second-order valence-corrected chi connectivity index (χ2v) is 6.63. The lowest BCUT2D eigenvalue weighted by Gasteiger charge is -2.19. The highest BCUT2D eigenvalue weighted by atomic mass is 35.5. The van der Waals surface area contributed by atoms with E-state index in [9.17, 15) is 9.18 Å². The standard InChI is InChI=1S/C18H16ClFN6O/c19-15-2-1-6-21-17(15)25-8-5-12(11-25)23-18(27)14-10-13(3-4-16(14)20)26-9-7-22-24-26/h1-4,6-7,9-10,12H,5,8,11H2,(H,23,27). The number of hydrogen-bond acceptors (Lipinski definition) is 5. The van der Waals surface area contributed by atoms with Gasteiger partial charge in [-0.2, -0.15) is 0 Å². The van der Waals surface area contributed by atoms with Crippen LogP contribution >= 0.6 is 11.6 Å². The van der Waals surface area contributed by atoms with Gasteiger partial charge in [0.05, 0.1) is 28.7 Å². The van der Waals surface area contributed by atoms with Crippen LogP contribution in [0.3, 0.4) is 0 Å². The smallest absolute Gasteiger partial charge is 0.254 e. The quantitative estimate of drug-likeness (QED) is 0.745. The molecule has 4 rings (SSSR count). The van der Waals surface area contributed by atoms with Crippen molar-refractivity contribution in [3.63, 3.8) is 0 Å². The van der Waals surface area contributed by atoms with Crippen molar-refractivity contribution in [2.24, 2.45) is 0 Å². The first kappa shape index (κ1) is 17.4. The maximum atomic E-state index is 14.2. The molecule has 27 heavy (non-hydrogen) atoms. The molecule has 1 atom stereocenters. The normalized spacial score (nSPS) is 16.5. The predicted octanol–water partition coefficient (Wildman–Crippen LogP) is 2.46. The summed E-state index contributed by atoms with van der Waals surface area (Å²) in [5.41, 5.74) is 0.532. The molecule has 1 unspecified atom stereocenters. The summed E-state index contributed by atoms with van der Waals surface area (Å²) in [4.78, 5) is 18.9. The number of amides is 1. The van der Waals surface area contributed by atoms with E-state index in [-0.39, 0.29) is 11.6 Å². The third-order valence-electron chi connectivity index (χ3n) is 4.44. The summed E-state index contributed by atoms with van der Waals surface area (Å²) < 4.78 is 15.7. The van der Waals surface area contributed by atoms with Crippen molar-refractivity contribution in [1.29, 1.82) is 0 Å². The van der Waals surface area contributed by atoms with Crippen LogP contribution in [0.1, 0.15) is 16.8 Å². The van der Waals surface area contributed by atoms with Crippen LogP contribution in [-0.2, 0) is 0 Å². The Morgan fingerprint density at radius 1 is 1.30 bits per heavy atom. The summed E-state index contributed by atoms with van der Waals surface area (Å²) in [5, 5.41) is 11.0. The molecule has 1 fully saturated rings. The Morgan fingerprint density at radius 2 is 2.19 bits per heavy atom. The maximum Gasteiger partial charge on any atom is 0.254 e. The van der Waals surface area contributed by atoms with Gasteiger partial charge < -0.3 is 10.2 Å². The van der Waals surface area contributed by atoms with Crippen molar-refractivity contribution in [2.75, 3.05) is 18.0 Å². The summed E-state index contributed by atoms with van der Waals surface area (Å²) in [7, 11) is 0. The molecule has 0 radical (unpaired) electrons. The zero-order chi connectivity index (χ0) is 18.8. The van der Waals surface area contributed by atoms with Crippen LogP contribution < -0.4 is 10.2 Å². The van der Waals surface area contributed by atoms with E-state index < -0.39 is 11.7 Å². The van der Waals surface area contributed by atoms with Gasteiger partial charge in [-0.05, 0) is 36.8 Å². The molecule has 3 heterocycles. The monoisotopic (exact) mass is 386 g/mol. The summed E-state index contributed by atoms with van der Waals surface area (Å²) in [6, 6.07) is 7.68. The van der Waals surface area contributed by atoms with Crippen molar-refractivity contribution in [1.82, 2.24) is 25.3 Å². The molecule has 0 saturated carbocycles. The molecule has 1 aromatic carbocycles. The molecule has 3 aromatic rings. The molecular weight excluding hydrogens is 371 g/mol. The van der Waals surface area contributed by atoms with Crippen LogP contribution in [0.25, 0.3) is 5.69 Å². The van der Waals surface area contributed by atoms with Gasteiger partial charge in [-0.15, -0.1) is 5.10 Å². The molecule has 1 amide bonds. The van der Waals surface area contributed by atoms with Crippen molar-refractivity contribution >= 4 is 23.3 Å². The lowest BCUT2D eigenvalue weighted by atomic mass is 10.1. The van der Waals surface area contributed by atoms with Crippen LogP contribution in [0.2, 0.25) is 5.02 Å². The number of anilines is 1. The molecular formula is C18H16ClFN6O. The Kier molecular flexibility index (Phi) is 4.72. The number of carbonyl (C=O) groups excluding carboxylic acids is 1. The fraction of sp³-hybridized carbons (Fsp3) is 0.222. The largest absolute Gasteiger partial charge is 0.353 e. The Bertz CT molecular complexity index is 964. The average molecular weight is 387 g/mol. The molecule has 7 nitrogen and oxygen atoms in total. The topological polar surface area (TPSA) is 75.9 Å². The summed E-state index contributed by atoms with van der Waals surface area (Å²) in [6.45, 7) is 1.27. The minimum Gasteiger partial charge on any atom is -0.353 e. The van der Waals surface area contributed by atoms with Crippen LogP contribution in [0.5, 0.6) is 0 Å². The van der Waals surface area contributed by atoms with Gasteiger partial charge in [-0.1, -0.05) is 16.8 Å². The predicted molar refractivity (Wildman–Crippen MR) is 98.6 cm³/mol. The number of nitrogens with one attached hydrogen (secondary N) is 1. The van der Waals surface area contributed by atoms with Gasteiger partial charge in [0, 0.05) is 25.3 Å². The van der Waals surface area contributed by atoms with E-state index in [0.717, 1.165) is 6.42 Å². The van der Waals surface area contributed by atoms with Gasteiger partial charge in [-0.25, -0.2) is 14.1 Å². The highest BCUT2D eigenvalue weighted by Gasteiger charge is 2.27. The Labute approximate surface area is 159 Å². The molecule has 2 aromatic heterocycles. The molecule has 1 N–H and O–H groups in total. The van der Waals surface area contributed by atoms with E-state index in [1.54, 1.807) is 30.6 Å². The number of hydrogen-bond donors (Lipinski definition) is 1. The molecule has 0 bridgehead atoms. The van der Waals surface area contributed by atoms with Crippen LogP contribution in [0, 0.1) is 5.82 Å². The van der Waals surface area contributed by atoms with E-state index in [0.29, 0.717) is 29.6 Å².